The van der Waals surface area contributed by atoms with Gasteiger partial charge in [0, 0.05) is 18.0 Å². The fraction of sp³-hybridized carbons (Fsp3) is 0.667. The van der Waals surface area contributed by atoms with Crippen LogP contribution in [0, 0.1) is 0 Å². The largest absolute Gasteiger partial charge is 0.475 e. The van der Waals surface area contributed by atoms with Crippen LogP contribution in [0.2, 0.25) is 0 Å². The van der Waals surface area contributed by atoms with Crippen LogP contribution in [-0.2, 0) is 0 Å². The molecule has 1 aromatic rings. The van der Waals surface area contributed by atoms with Crippen molar-refractivity contribution < 1.29 is 4.74 Å². The predicted octanol–water partition coefficient (Wildman–Crippen LogP) is 2.10. The molecule has 0 amide bonds. The highest BCUT2D eigenvalue weighted by Crippen LogP contribution is 2.20. The van der Waals surface area contributed by atoms with Crippen molar-refractivity contribution in [2.45, 2.75) is 52.2 Å². The average Bonchev–Trinajstić information content (AvgIpc) is 2.26. The molecule has 4 heteroatoms. The van der Waals surface area contributed by atoms with Crippen LogP contribution in [-0.4, -0.2) is 22.1 Å². The topological polar surface area (TPSA) is 61.0 Å². The molecule has 1 rings (SSSR count). The van der Waals surface area contributed by atoms with E-state index in [2.05, 4.69) is 23.8 Å². The number of hydrogen-bond acceptors (Lipinski definition) is 4. The molecular weight excluding hydrogens is 202 g/mol. The van der Waals surface area contributed by atoms with Gasteiger partial charge >= 0.3 is 0 Å². The summed E-state index contributed by atoms with van der Waals surface area (Å²) in [6, 6.07) is 2.00. The Morgan fingerprint density at radius 2 is 2.00 bits per heavy atom. The Balaban J connectivity index is 2.81. The van der Waals surface area contributed by atoms with Gasteiger partial charge in [0.1, 0.15) is 6.33 Å². The Morgan fingerprint density at radius 3 is 2.56 bits per heavy atom. The van der Waals surface area contributed by atoms with E-state index < -0.39 is 0 Å². The first-order chi connectivity index (χ1) is 7.54. The summed E-state index contributed by atoms with van der Waals surface area (Å²) in [5.74, 6) is 0.845. The molecule has 0 radical (unpaired) electrons. The second-order valence-electron chi connectivity index (χ2n) is 4.31. The third-order valence-corrected chi connectivity index (χ3v) is 2.60. The lowest BCUT2D eigenvalue weighted by Gasteiger charge is -2.18. The second-order valence-corrected chi connectivity index (χ2v) is 4.31. The lowest BCUT2D eigenvalue weighted by atomic mass is 9.97. The van der Waals surface area contributed by atoms with E-state index in [-0.39, 0.29) is 18.1 Å². The van der Waals surface area contributed by atoms with Gasteiger partial charge in [0.15, 0.2) is 0 Å². The summed E-state index contributed by atoms with van der Waals surface area (Å²) in [6.45, 7) is 8.11. The molecular formula is C12H21N3O. The first-order valence-corrected chi connectivity index (χ1v) is 5.78. The Morgan fingerprint density at radius 1 is 1.31 bits per heavy atom. The zero-order valence-electron chi connectivity index (χ0n) is 10.5. The van der Waals surface area contributed by atoms with Gasteiger partial charge < -0.3 is 10.5 Å². The number of hydrogen-bond donors (Lipinski definition) is 1. The Hall–Kier alpha value is -1.16. The van der Waals surface area contributed by atoms with Crippen molar-refractivity contribution in [3.63, 3.8) is 0 Å². The molecule has 4 nitrogen and oxygen atoms in total. The van der Waals surface area contributed by atoms with Gasteiger partial charge in [-0.15, -0.1) is 0 Å². The van der Waals surface area contributed by atoms with E-state index in [1.54, 1.807) is 0 Å². The van der Waals surface area contributed by atoms with E-state index in [4.69, 9.17) is 10.5 Å². The predicted molar refractivity (Wildman–Crippen MR) is 64.5 cm³/mol. The molecule has 1 aromatic heterocycles. The highest BCUT2D eigenvalue weighted by molar-refractivity contribution is 5.18. The summed E-state index contributed by atoms with van der Waals surface area (Å²) >= 11 is 0. The van der Waals surface area contributed by atoms with Crippen molar-refractivity contribution in [1.82, 2.24) is 9.97 Å². The number of nitrogens with two attached hydrogens (primary N) is 1. The maximum absolute atomic E-state index is 6.00. The normalized spacial score (nSPS) is 14.9. The van der Waals surface area contributed by atoms with Crippen LogP contribution < -0.4 is 10.5 Å². The number of aromatic nitrogens is 2. The molecule has 2 unspecified atom stereocenters. The van der Waals surface area contributed by atoms with Crippen molar-refractivity contribution in [1.29, 1.82) is 0 Å². The molecule has 0 aromatic carbocycles. The molecule has 2 N–H and O–H groups in total. The molecule has 0 bridgehead atoms. The van der Waals surface area contributed by atoms with Gasteiger partial charge in [0.2, 0.25) is 5.88 Å². The Bertz CT molecular complexity index is 328. The molecule has 1 heterocycles. The molecule has 0 aliphatic heterocycles. The van der Waals surface area contributed by atoms with Gasteiger partial charge in [0.05, 0.1) is 11.8 Å². The third-order valence-electron chi connectivity index (χ3n) is 2.60. The Kier molecular flexibility index (Phi) is 4.68. The molecule has 2 atom stereocenters. The van der Waals surface area contributed by atoms with Gasteiger partial charge in [-0.25, -0.2) is 9.97 Å². The first-order valence-electron chi connectivity index (χ1n) is 5.78. The second kappa shape index (κ2) is 5.80. The fourth-order valence-electron chi connectivity index (χ4n) is 1.48. The van der Waals surface area contributed by atoms with Gasteiger partial charge in [-0.05, 0) is 20.3 Å². The summed E-state index contributed by atoms with van der Waals surface area (Å²) in [5.41, 5.74) is 6.94. The van der Waals surface area contributed by atoms with E-state index in [1.807, 2.05) is 19.9 Å². The fourth-order valence-corrected chi connectivity index (χ4v) is 1.48. The van der Waals surface area contributed by atoms with E-state index >= 15 is 0 Å². The summed E-state index contributed by atoms with van der Waals surface area (Å²) in [5, 5.41) is 0. The standard InChI is InChI=1S/C12H21N3O/c1-5-10(13)9(4)11-6-12(15-7-14-11)16-8(2)3/h6-10H,5,13H2,1-4H3. The molecule has 0 saturated carbocycles. The van der Waals surface area contributed by atoms with Crippen molar-refractivity contribution >= 4 is 0 Å². The lowest BCUT2D eigenvalue weighted by molar-refractivity contribution is 0.231. The van der Waals surface area contributed by atoms with E-state index in [0.29, 0.717) is 5.88 Å². The smallest absolute Gasteiger partial charge is 0.216 e. The molecule has 0 spiro atoms. The molecule has 0 aliphatic rings. The average molecular weight is 223 g/mol. The maximum atomic E-state index is 6.00. The zero-order valence-corrected chi connectivity index (χ0v) is 10.5. The number of nitrogens with zero attached hydrogens (tertiary/aromatic N) is 2. The minimum Gasteiger partial charge on any atom is -0.475 e. The van der Waals surface area contributed by atoms with Gasteiger partial charge in [-0.2, -0.15) is 0 Å². The van der Waals surface area contributed by atoms with Crippen LogP contribution in [0.25, 0.3) is 0 Å². The summed E-state index contributed by atoms with van der Waals surface area (Å²) in [7, 11) is 0. The molecule has 90 valence electrons. The van der Waals surface area contributed by atoms with Crippen molar-refractivity contribution in [3.8, 4) is 5.88 Å². The molecule has 0 fully saturated rings. The van der Waals surface area contributed by atoms with E-state index in [1.165, 1.54) is 6.33 Å². The number of ether oxygens (including phenoxy) is 1. The Labute approximate surface area is 97.2 Å². The molecule has 16 heavy (non-hydrogen) atoms. The minimum absolute atomic E-state index is 0.123. The van der Waals surface area contributed by atoms with E-state index in [9.17, 15) is 0 Å². The first kappa shape index (κ1) is 12.9. The number of rotatable bonds is 5. The summed E-state index contributed by atoms with van der Waals surface area (Å²) in [6.07, 6.45) is 2.59. The van der Waals surface area contributed by atoms with Crippen LogP contribution in [0.4, 0.5) is 0 Å². The van der Waals surface area contributed by atoms with Crippen LogP contribution in [0.3, 0.4) is 0 Å². The van der Waals surface area contributed by atoms with Crippen LogP contribution in [0.1, 0.15) is 45.7 Å². The van der Waals surface area contributed by atoms with Crippen LogP contribution >= 0.6 is 0 Å². The highest BCUT2D eigenvalue weighted by atomic mass is 16.5. The van der Waals surface area contributed by atoms with Crippen molar-refractivity contribution in [3.05, 3.63) is 18.1 Å². The summed E-state index contributed by atoms with van der Waals surface area (Å²) < 4.78 is 5.53. The minimum atomic E-state index is 0.123. The van der Waals surface area contributed by atoms with Gasteiger partial charge in [-0.1, -0.05) is 13.8 Å². The van der Waals surface area contributed by atoms with E-state index in [0.717, 1.165) is 12.1 Å². The van der Waals surface area contributed by atoms with Crippen LogP contribution in [0.15, 0.2) is 12.4 Å². The summed E-state index contributed by atoms with van der Waals surface area (Å²) in [4.78, 5) is 8.32. The van der Waals surface area contributed by atoms with Gasteiger partial charge in [-0.3, -0.25) is 0 Å². The third kappa shape index (κ3) is 3.45. The van der Waals surface area contributed by atoms with Crippen molar-refractivity contribution in [2.75, 3.05) is 0 Å². The highest BCUT2D eigenvalue weighted by Gasteiger charge is 2.15. The van der Waals surface area contributed by atoms with Crippen LogP contribution in [0.5, 0.6) is 5.88 Å². The SMILES string of the molecule is CCC(N)C(C)c1cc(OC(C)C)ncn1. The molecule has 0 aliphatic carbocycles. The monoisotopic (exact) mass is 223 g/mol. The van der Waals surface area contributed by atoms with Gasteiger partial charge in [0.25, 0.3) is 0 Å². The molecule has 0 saturated heterocycles. The maximum Gasteiger partial charge on any atom is 0.216 e. The van der Waals surface area contributed by atoms with Crippen molar-refractivity contribution in [2.24, 2.45) is 5.73 Å². The lowest BCUT2D eigenvalue weighted by Crippen LogP contribution is -2.26. The zero-order chi connectivity index (χ0) is 12.1. The quantitative estimate of drug-likeness (QED) is 0.830.